The Balaban J connectivity index is 1.92. The van der Waals surface area contributed by atoms with E-state index in [4.69, 9.17) is 5.73 Å². The molecule has 106 valence electrons. The van der Waals surface area contributed by atoms with E-state index in [2.05, 4.69) is 17.2 Å². The highest BCUT2D eigenvalue weighted by molar-refractivity contribution is 5.93. The Morgan fingerprint density at radius 1 is 1.35 bits per heavy atom. The number of benzene rings is 1. The Morgan fingerprint density at radius 2 is 2.20 bits per heavy atom. The van der Waals surface area contributed by atoms with E-state index in [0.29, 0.717) is 18.9 Å². The fraction of sp³-hybridized carbons (Fsp3) is 0.375. The van der Waals surface area contributed by atoms with Crippen LogP contribution in [-0.2, 0) is 4.79 Å². The van der Waals surface area contributed by atoms with Crippen molar-refractivity contribution in [2.75, 3.05) is 11.9 Å². The third kappa shape index (κ3) is 4.03. The van der Waals surface area contributed by atoms with Crippen molar-refractivity contribution in [3.8, 4) is 0 Å². The fourth-order valence-electron chi connectivity index (χ4n) is 2.18. The molecule has 0 radical (unpaired) electrons. The minimum absolute atomic E-state index is 0.0529. The number of rotatable bonds is 6. The Labute approximate surface area is 119 Å². The van der Waals surface area contributed by atoms with Crippen molar-refractivity contribution >= 4 is 22.5 Å². The van der Waals surface area contributed by atoms with Gasteiger partial charge in [0.15, 0.2) is 0 Å². The third-order valence-electron chi connectivity index (χ3n) is 3.41. The Hall–Kier alpha value is -1.94. The number of hydrogen-bond donors (Lipinski definition) is 2. The summed E-state index contributed by atoms with van der Waals surface area (Å²) in [7, 11) is 0. The molecule has 1 amide bonds. The average molecular weight is 271 g/mol. The third-order valence-corrected chi connectivity index (χ3v) is 3.41. The van der Waals surface area contributed by atoms with E-state index in [1.54, 1.807) is 6.20 Å². The van der Waals surface area contributed by atoms with Gasteiger partial charge in [-0.25, -0.2) is 0 Å². The molecule has 20 heavy (non-hydrogen) atoms. The lowest BCUT2D eigenvalue weighted by molar-refractivity contribution is -0.116. The second-order valence-corrected chi connectivity index (χ2v) is 5.18. The van der Waals surface area contributed by atoms with Crippen LogP contribution in [-0.4, -0.2) is 17.4 Å². The first kappa shape index (κ1) is 14.5. The maximum absolute atomic E-state index is 11.9. The first-order chi connectivity index (χ1) is 9.69. The van der Waals surface area contributed by atoms with Crippen LogP contribution in [0, 0.1) is 5.92 Å². The molecule has 1 unspecified atom stereocenters. The number of pyridine rings is 1. The number of nitrogens with one attached hydrogen (secondary N) is 1. The highest BCUT2D eigenvalue weighted by Crippen LogP contribution is 2.17. The van der Waals surface area contributed by atoms with E-state index in [0.717, 1.165) is 29.4 Å². The van der Waals surface area contributed by atoms with Gasteiger partial charge in [0.05, 0.1) is 5.52 Å². The summed E-state index contributed by atoms with van der Waals surface area (Å²) < 4.78 is 0. The molecule has 1 atom stereocenters. The van der Waals surface area contributed by atoms with Crippen molar-refractivity contribution in [3.05, 3.63) is 36.5 Å². The second kappa shape index (κ2) is 7.01. The van der Waals surface area contributed by atoms with Crippen molar-refractivity contribution in [2.45, 2.75) is 26.2 Å². The molecule has 0 fully saturated rings. The zero-order chi connectivity index (χ0) is 14.4. The van der Waals surface area contributed by atoms with Crippen molar-refractivity contribution in [2.24, 2.45) is 11.7 Å². The van der Waals surface area contributed by atoms with Gasteiger partial charge in [0.25, 0.3) is 0 Å². The Bertz CT molecular complexity index is 583. The predicted molar refractivity (Wildman–Crippen MR) is 82.4 cm³/mol. The lowest BCUT2D eigenvalue weighted by atomic mass is 10.0. The number of aromatic nitrogens is 1. The van der Waals surface area contributed by atoms with E-state index in [1.165, 1.54) is 0 Å². The van der Waals surface area contributed by atoms with Crippen LogP contribution in [0.15, 0.2) is 36.5 Å². The molecule has 1 aromatic carbocycles. The fourth-order valence-corrected chi connectivity index (χ4v) is 2.18. The Kier molecular flexibility index (Phi) is 5.07. The van der Waals surface area contributed by atoms with Crippen LogP contribution >= 0.6 is 0 Å². The van der Waals surface area contributed by atoms with Crippen LogP contribution in [0.3, 0.4) is 0 Å². The second-order valence-electron chi connectivity index (χ2n) is 5.18. The molecule has 0 aliphatic heterocycles. The summed E-state index contributed by atoms with van der Waals surface area (Å²) >= 11 is 0. The lowest BCUT2D eigenvalue weighted by Crippen LogP contribution is -2.14. The van der Waals surface area contributed by atoms with Crippen molar-refractivity contribution in [1.82, 2.24) is 4.98 Å². The van der Waals surface area contributed by atoms with Crippen LogP contribution < -0.4 is 11.1 Å². The number of nitrogens with zero attached hydrogens (tertiary/aromatic N) is 1. The van der Waals surface area contributed by atoms with E-state index in [9.17, 15) is 4.79 Å². The van der Waals surface area contributed by atoms with Crippen LogP contribution in [0.4, 0.5) is 5.69 Å². The summed E-state index contributed by atoms with van der Waals surface area (Å²) in [6.45, 7) is 2.81. The number of fused-ring (bicyclic) bond motifs is 1. The van der Waals surface area contributed by atoms with E-state index in [1.807, 2.05) is 30.3 Å². The molecular weight excluding hydrogens is 250 g/mol. The molecule has 0 aliphatic rings. The summed E-state index contributed by atoms with van der Waals surface area (Å²) in [4.78, 5) is 16.2. The van der Waals surface area contributed by atoms with Gasteiger partial charge in [-0.1, -0.05) is 13.0 Å². The van der Waals surface area contributed by atoms with Gasteiger partial charge >= 0.3 is 0 Å². The monoisotopic (exact) mass is 271 g/mol. The largest absolute Gasteiger partial charge is 0.330 e. The van der Waals surface area contributed by atoms with Gasteiger partial charge in [0.2, 0.25) is 5.91 Å². The minimum Gasteiger partial charge on any atom is -0.330 e. The number of amides is 1. The maximum atomic E-state index is 11.9. The molecule has 0 aliphatic carbocycles. The van der Waals surface area contributed by atoms with E-state index >= 15 is 0 Å². The summed E-state index contributed by atoms with van der Waals surface area (Å²) in [6, 6.07) is 9.63. The van der Waals surface area contributed by atoms with E-state index < -0.39 is 0 Å². The summed E-state index contributed by atoms with van der Waals surface area (Å²) in [6.07, 6.45) is 4.14. The van der Waals surface area contributed by atoms with Crippen LogP contribution in [0.5, 0.6) is 0 Å². The smallest absolute Gasteiger partial charge is 0.224 e. The van der Waals surface area contributed by atoms with Crippen LogP contribution in [0.25, 0.3) is 10.9 Å². The molecule has 1 aromatic heterocycles. The van der Waals surface area contributed by atoms with E-state index in [-0.39, 0.29) is 5.91 Å². The van der Waals surface area contributed by atoms with Gasteiger partial charge in [0.1, 0.15) is 0 Å². The topological polar surface area (TPSA) is 68.0 Å². The SMILES string of the molecule is CC(CCN)CCC(=O)Nc1ccc2ncccc2c1. The standard InChI is InChI=1S/C16H21N3O/c1-12(8-9-17)4-7-16(20)19-14-5-6-15-13(11-14)3-2-10-18-15/h2-3,5-6,10-12H,4,7-9,17H2,1H3,(H,19,20). The quantitative estimate of drug-likeness (QED) is 0.848. The lowest BCUT2D eigenvalue weighted by Gasteiger charge is -2.10. The highest BCUT2D eigenvalue weighted by atomic mass is 16.1. The van der Waals surface area contributed by atoms with Crippen molar-refractivity contribution < 1.29 is 4.79 Å². The Morgan fingerprint density at radius 3 is 3.00 bits per heavy atom. The molecule has 0 saturated carbocycles. The van der Waals surface area contributed by atoms with Gasteiger partial charge in [-0.15, -0.1) is 0 Å². The van der Waals surface area contributed by atoms with Gasteiger partial charge < -0.3 is 11.1 Å². The molecule has 1 heterocycles. The first-order valence-electron chi connectivity index (χ1n) is 7.03. The molecule has 3 N–H and O–H groups in total. The van der Waals surface area contributed by atoms with Crippen LogP contribution in [0.2, 0.25) is 0 Å². The first-order valence-corrected chi connectivity index (χ1v) is 7.03. The molecule has 0 spiro atoms. The summed E-state index contributed by atoms with van der Waals surface area (Å²) in [5.41, 5.74) is 7.26. The molecule has 2 aromatic rings. The predicted octanol–water partition coefficient (Wildman–Crippen LogP) is 2.94. The minimum atomic E-state index is 0.0529. The van der Waals surface area contributed by atoms with Gasteiger partial charge in [0, 0.05) is 23.7 Å². The molecule has 4 nitrogen and oxygen atoms in total. The summed E-state index contributed by atoms with van der Waals surface area (Å²) in [5, 5.41) is 3.96. The molecule has 2 rings (SSSR count). The normalized spacial score (nSPS) is 12.3. The molecule has 0 bridgehead atoms. The number of anilines is 1. The van der Waals surface area contributed by atoms with Gasteiger partial charge in [-0.05, 0) is 49.6 Å². The van der Waals surface area contributed by atoms with Gasteiger partial charge in [-0.3, -0.25) is 9.78 Å². The van der Waals surface area contributed by atoms with Crippen LogP contribution in [0.1, 0.15) is 26.2 Å². The maximum Gasteiger partial charge on any atom is 0.224 e. The zero-order valence-electron chi connectivity index (χ0n) is 11.8. The van der Waals surface area contributed by atoms with Crippen molar-refractivity contribution in [3.63, 3.8) is 0 Å². The summed E-state index contributed by atoms with van der Waals surface area (Å²) in [5.74, 6) is 0.545. The number of carbonyl (C=O) groups excluding carboxylic acids is 1. The number of carbonyl (C=O) groups is 1. The average Bonchev–Trinajstić information content (AvgIpc) is 2.45. The van der Waals surface area contributed by atoms with Gasteiger partial charge in [-0.2, -0.15) is 0 Å². The number of hydrogen-bond acceptors (Lipinski definition) is 3. The van der Waals surface area contributed by atoms with Crippen molar-refractivity contribution in [1.29, 1.82) is 0 Å². The molecular formula is C16H21N3O. The zero-order valence-corrected chi connectivity index (χ0v) is 11.8. The number of nitrogens with two attached hydrogens (primary N) is 1. The highest BCUT2D eigenvalue weighted by Gasteiger charge is 2.07. The molecule has 4 heteroatoms. The molecule has 0 saturated heterocycles.